The lowest BCUT2D eigenvalue weighted by Crippen LogP contribution is -2.58. The van der Waals surface area contributed by atoms with Crippen molar-refractivity contribution < 1.29 is 42.5 Å². The van der Waals surface area contributed by atoms with Crippen molar-refractivity contribution in [3.05, 3.63) is 24.2 Å². The molecule has 2 aliphatic rings. The fourth-order valence-corrected chi connectivity index (χ4v) is 3.06. The summed E-state index contributed by atoms with van der Waals surface area (Å²) >= 11 is 0. The zero-order valence-electron chi connectivity index (χ0n) is 13.9. The van der Waals surface area contributed by atoms with Crippen LogP contribution in [0.4, 0.5) is 0 Å². The average molecular weight is 354 g/mol. The van der Waals surface area contributed by atoms with Crippen molar-refractivity contribution in [2.45, 2.75) is 57.6 Å². The third-order valence-corrected chi connectivity index (χ3v) is 3.84. The molecule has 3 rings (SSSR count). The van der Waals surface area contributed by atoms with Gasteiger partial charge in [0.05, 0.1) is 6.26 Å². The number of fused-ring (bicyclic) bond motifs is 2. The molecule has 136 valence electrons. The molecule has 0 saturated carbocycles. The van der Waals surface area contributed by atoms with E-state index in [1.807, 2.05) is 0 Å². The van der Waals surface area contributed by atoms with Crippen molar-refractivity contribution in [2.24, 2.45) is 0 Å². The van der Waals surface area contributed by atoms with E-state index in [1.54, 1.807) is 12.1 Å². The van der Waals surface area contributed by atoms with Crippen LogP contribution >= 0.6 is 0 Å². The highest BCUT2D eigenvalue weighted by atomic mass is 16.8. The van der Waals surface area contributed by atoms with Crippen LogP contribution in [0.1, 0.15) is 32.6 Å². The number of esters is 3. The highest BCUT2D eigenvalue weighted by Gasteiger charge is 2.60. The van der Waals surface area contributed by atoms with Gasteiger partial charge in [-0.05, 0) is 12.1 Å². The summed E-state index contributed by atoms with van der Waals surface area (Å²) in [4.78, 5) is 34.5. The number of furan rings is 1. The lowest BCUT2D eigenvalue weighted by atomic mass is 9.96. The summed E-state index contributed by atoms with van der Waals surface area (Å²) in [5.41, 5.74) is 0. The summed E-state index contributed by atoms with van der Waals surface area (Å²) in [5, 5.41) is 0. The van der Waals surface area contributed by atoms with Crippen LogP contribution in [-0.4, -0.2) is 48.6 Å². The van der Waals surface area contributed by atoms with Gasteiger partial charge in [0.25, 0.3) is 0 Å². The molecule has 0 aromatic carbocycles. The van der Waals surface area contributed by atoms with Gasteiger partial charge in [0.1, 0.15) is 18.0 Å². The first-order valence-corrected chi connectivity index (χ1v) is 7.73. The minimum absolute atomic E-state index is 0.453. The minimum atomic E-state index is -1.08. The molecule has 3 heterocycles. The fourth-order valence-electron chi connectivity index (χ4n) is 3.06. The van der Waals surface area contributed by atoms with Crippen molar-refractivity contribution in [1.82, 2.24) is 0 Å². The predicted molar refractivity (Wildman–Crippen MR) is 77.9 cm³/mol. The Hall–Kier alpha value is -2.39. The van der Waals surface area contributed by atoms with Crippen molar-refractivity contribution in [3.8, 4) is 0 Å². The lowest BCUT2D eigenvalue weighted by Gasteiger charge is -2.38. The van der Waals surface area contributed by atoms with E-state index in [1.165, 1.54) is 27.0 Å². The molecule has 9 nitrogen and oxygen atoms in total. The van der Waals surface area contributed by atoms with Crippen molar-refractivity contribution in [3.63, 3.8) is 0 Å². The maximum absolute atomic E-state index is 11.6. The number of carbonyl (C=O) groups is 3. The van der Waals surface area contributed by atoms with Gasteiger partial charge in [0.15, 0.2) is 24.6 Å². The van der Waals surface area contributed by atoms with Crippen LogP contribution < -0.4 is 0 Å². The molecule has 2 bridgehead atoms. The van der Waals surface area contributed by atoms with Gasteiger partial charge in [-0.25, -0.2) is 0 Å². The number of hydrogen-bond donors (Lipinski definition) is 0. The van der Waals surface area contributed by atoms with Gasteiger partial charge in [0.2, 0.25) is 0 Å². The van der Waals surface area contributed by atoms with E-state index in [2.05, 4.69) is 0 Å². The highest BCUT2D eigenvalue weighted by Crippen LogP contribution is 2.44. The third kappa shape index (κ3) is 3.52. The fraction of sp³-hybridized carbons (Fsp3) is 0.562. The molecule has 0 N–H and O–H groups in total. The van der Waals surface area contributed by atoms with Crippen LogP contribution in [0.3, 0.4) is 0 Å². The molecule has 25 heavy (non-hydrogen) atoms. The standard InChI is InChI=1S/C16H18O9/c1-7(17)21-13-12-11(10-5-4-6-20-10)24-16(25-12)15(23-9(3)19)14(13)22-8(2)18/h4-6,11-16H,1-3H3/t11-,12-,13-,14+,15+,16-/m1/s1. The third-order valence-electron chi connectivity index (χ3n) is 3.84. The number of hydrogen-bond acceptors (Lipinski definition) is 9. The van der Waals surface area contributed by atoms with E-state index >= 15 is 0 Å². The van der Waals surface area contributed by atoms with Crippen LogP contribution in [0.2, 0.25) is 0 Å². The normalized spacial score (nSPS) is 33.6. The number of rotatable bonds is 4. The molecule has 1 aromatic heterocycles. The predicted octanol–water partition coefficient (Wildman–Crippen LogP) is 0.871. The summed E-state index contributed by atoms with van der Waals surface area (Å²) in [6, 6.07) is 3.36. The Morgan fingerprint density at radius 3 is 2.04 bits per heavy atom. The number of ether oxygens (including phenoxy) is 5. The summed E-state index contributed by atoms with van der Waals surface area (Å²) in [5.74, 6) is -1.38. The molecule has 0 aliphatic carbocycles. The lowest BCUT2D eigenvalue weighted by molar-refractivity contribution is -0.250. The number of carbonyl (C=O) groups excluding carboxylic acids is 3. The van der Waals surface area contributed by atoms with Gasteiger partial charge in [0, 0.05) is 20.8 Å². The molecule has 0 spiro atoms. The van der Waals surface area contributed by atoms with Crippen LogP contribution in [0.25, 0.3) is 0 Å². The minimum Gasteiger partial charge on any atom is -0.466 e. The molecule has 2 fully saturated rings. The molecule has 9 heteroatoms. The van der Waals surface area contributed by atoms with Crippen LogP contribution in [0, 0.1) is 0 Å². The van der Waals surface area contributed by atoms with E-state index in [-0.39, 0.29) is 0 Å². The SMILES string of the molecule is CC(=O)O[C@H]1[C@H](OC(C)=O)[C@@H]2O[C@@H](O[C@@H]2c2ccco2)[C@H]1OC(C)=O. The van der Waals surface area contributed by atoms with Crippen LogP contribution in [-0.2, 0) is 38.1 Å². The van der Waals surface area contributed by atoms with Gasteiger partial charge in [-0.1, -0.05) is 0 Å². The summed E-state index contributed by atoms with van der Waals surface area (Å²) in [6.45, 7) is 3.63. The van der Waals surface area contributed by atoms with Crippen LogP contribution in [0.5, 0.6) is 0 Å². The molecule has 2 saturated heterocycles. The summed E-state index contributed by atoms with van der Waals surface area (Å²) < 4.78 is 32.7. The zero-order valence-corrected chi connectivity index (χ0v) is 13.9. The van der Waals surface area contributed by atoms with E-state index in [0.29, 0.717) is 5.76 Å². The van der Waals surface area contributed by atoms with E-state index < -0.39 is 54.7 Å². The van der Waals surface area contributed by atoms with Crippen molar-refractivity contribution >= 4 is 17.9 Å². The van der Waals surface area contributed by atoms with Gasteiger partial charge in [-0.2, -0.15) is 0 Å². The Morgan fingerprint density at radius 2 is 1.48 bits per heavy atom. The smallest absolute Gasteiger partial charge is 0.303 e. The first-order chi connectivity index (χ1) is 11.9. The first-order valence-electron chi connectivity index (χ1n) is 7.73. The summed E-state index contributed by atoms with van der Waals surface area (Å²) in [6.07, 6.45) is -4.18. The van der Waals surface area contributed by atoms with Crippen molar-refractivity contribution in [2.75, 3.05) is 0 Å². The Morgan fingerprint density at radius 1 is 0.880 bits per heavy atom. The first kappa shape index (κ1) is 17.4. The average Bonchev–Trinajstić information content (AvgIpc) is 3.14. The maximum atomic E-state index is 11.6. The molecular formula is C16H18O9. The quantitative estimate of drug-likeness (QED) is 0.574. The zero-order chi connectivity index (χ0) is 18.1. The van der Waals surface area contributed by atoms with Gasteiger partial charge in [-0.3, -0.25) is 14.4 Å². The van der Waals surface area contributed by atoms with E-state index in [4.69, 9.17) is 28.1 Å². The molecule has 0 radical (unpaired) electrons. The molecular weight excluding hydrogens is 336 g/mol. The Balaban J connectivity index is 1.96. The molecule has 1 aromatic rings. The second kappa shape index (κ2) is 6.85. The van der Waals surface area contributed by atoms with Gasteiger partial charge in [-0.15, -0.1) is 0 Å². The van der Waals surface area contributed by atoms with E-state index in [9.17, 15) is 14.4 Å². The molecule has 6 atom stereocenters. The Bertz CT molecular complexity index is 653. The van der Waals surface area contributed by atoms with Crippen LogP contribution in [0.15, 0.2) is 22.8 Å². The Labute approximate surface area is 143 Å². The topological polar surface area (TPSA) is 110 Å². The monoisotopic (exact) mass is 354 g/mol. The molecule has 0 unspecified atom stereocenters. The highest BCUT2D eigenvalue weighted by molar-refractivity contribution is 5.68. The van der Waals surface area contributed by atoms with Crippen molar-refractivity contribution in [1.29, 1.82) is 0 Å². The second-order valence-electron chi connectivity index (χ2n) is 5.76. The second-order valence-corrected chi connectivity index (χ2v) is 5.76. The van der Waals surface area contributed by atoms with Gasteiger partial charge >= 0.3 is 17.9 Å². The van der Waals surface area contributed by atoms with Gasteiger partial charge < -0.3 is 28.1 Å². The summed E-state index contributed by atoms with van der Waals surface area (Å²) in [7, 11) is 0. The maximum Gasteiger partial charge on any atom is 0.303 e. The Kier molecular flexibility index (Phi) is 4.78. The molecule has 0 amide bonds. The molecule has 2 aliphatic heterocycles. The van der Waals surface area contributed by atoms with E-state index in [0.717, 1.165) is 0 Å². The largest absolute Gasteiger partial charge is 0.466 e.